The molecule has 2 saturated heterocycles. The Labute approximate surface area is 159 Å². The first-order chi connectivity index (χ1) is 12.9. The second-order valence-electron chi connectivity index (χ2n) is 7.04. The lowest BCUT2D eigenvalue weighted by atomic mass is 10.1. The van der Waals surface area contributed by atoms with Crippen molar-refractivity contribution in [1.29, 1.82) is 0 Å². The molecular formula is C19H27N5OS. The molecular weight excluding hydrogens is 346 g/mol. The zero-order chi connectivity index (χ0) is 17.6. The average molecular weight is 374 g/mol. The van der Waals surface area contributed by atoms with Crippen LogP contribution in [0.15, 0.2) is 29.7 Å². The van der Waals surface area contributed by atoms with Crippen molar-refractivity contribution in [2.45, 2.75) is 49.9 Å². The number of hydrogen-bond donors (Lipinski definition) is 0. The van der Waals surface area contributed by atoms with Crippen LogP contribution in [0.25, 0.3) is 11.4 Å². The number of nitrogens with zero attached hydrogens (tertiary/aromatic N) is 5. The Kier molecular flexibility index (Phi) is 6.19. The summed E-state index contributed by atoms with van der Waals surface area (Å²) < 4.78 is 8.11. The van der Waals surface area contributed by atoms with E-state index in [4.69, 9.17) is 4.74 Å². The van der Waals surface area contributed by atoms with Crippen molar-refractivity contribution in [1.82, 2.24) is 24.6 Å². The van der Waals surface area contributed by atoms with Crippen molar-refractivity contribution in [3.63, 3.8) is 0 Å². The summed E-state index contributed by atoms with van der Waals surface area (Å²) in [5.74, 6) is 1.98. The van der Waals surface area contributed by atoms with E-state index >= 15 is 0 Å². The number of pyridine rings is 1. The topological polar surface area (TPSA) is 56.1 Å². The summed E-state index contributed by atoms with van der Waals surface area (Å²) in [5.41, 5.74) is 1.06. The molecule has 6 nitrogen and oxygen atoms in total. The van der Waals surface area contributed by atoms with E-state index in [0.717, 1.165) is 54.8 Å². The quantitative estimate of drug-likeness (QED) is 0.695. The van der Waals surface area contributed by atoms with Gasteiger partial charge in [-0.25, -0.2) is 0 Å². The van der Waals surface area contributed by atoms with Crippen molar-refractivity contribution in [2.24, 2.45) is 0 Å². The Morgan fingerprint density at radius 2 is 1.92 bits per heavy atom. The molecule has 4 heterocycles. The minimum absolute atomic E-state index is 0.271. The summed E-state index contributed by atoms with van der Waals surface area (Å²) >= 11 is 1.82. The van der Waals surface area contributed by atoms with E-state index in [2.05, 4.69) is 24.6 Å². The van der Waals surface area contributed by atoms with Gasteiger partial charge in [0.05, 0.1) is 12.6 Å². The van der Waals surface area contributed by atoms with Gasteiger partial charge in [0, 0.05) is 36.9 Å². The van der Waals surface area contributed by atoms with Gasteiger partial charge in [0.1, 0.15) is 0 Å². The van der Waals surface area contributed by atoms with Crippen LogP contribution in [0.5, 0.6) is 0 Å². The molecule has 0 amide bonds. The number of rotatable bonds is 7. The van der Waals surface area contributed by atoms with Crippen molar-refractivity contribution in [3.8, 4) is 11.4 Å². The molecule has 0 N–H and O–H groups in total. The number of piperidine rings is 1. The summed E-state index contributed by atoms with van der Waals surface area (Å²) in [6.45, 7) is 5.31. The van der Waals surface area contributed by atoms with Crippen molar-refractivity contribution in [2.75, 3.05) is 32.0 Å². The minimum atomic E-state index is 0.271. The van der Waals surface area contributed by atoms with E-state index < -0.39 is 0 Å². The highest BCUT2D eigenvalue weighted by atomic mass is 32.2. The van der Waals surface area contributed by atoms with E-state index in [-0.39, 0.29) is 6.10 Å². The summed E-state index contributed by atoms with van der Waals surface area (Å²) in [4.78, 5) is 6.69. The van der Waals surface area contributed by atoms with E-state index in [1.807, 2.05) is 36.3 Å². The average Bonchev–Trinajstić information content (AvgIpc) is 3.34. The molecule has 1 atom stereocenters. The third-order valence-corrected chi connectivity index (χ3v) is 6.10. The van der Waals surface area contributed by atoms with Crippen LogP contribution < -0.4 is 0 Å². The molecule has 26 heavy (non-hydrogen) atoms. The van der Waals surface area contributed by atoms with Gasteiger partial charge in [-0.2, -0.15) is 0 Å². The number of likely N-dealkylation sites (tertiary alicyclic amines) is 1. The molecule has 0 aliphatic carbocycles. The first kappa shape index (κ1) is 17.9. The molecule has 2 aromatic rings. The third kappa shape index (κ3) is 4.45. The first-order valence-electron chi connectivity index (χ1n) is 9.70. The number of aromatic nitrogens is 4. The normalized spacial score (nSPS) is 21.3. The van der Waals surface area contributed by atoms with E-state index in [0.29, 0.717) is 0 Å². The predicted octanol–water partition coefficient (Wildman–Crippen LogP) is 3.10. The third-order valence-electron chi connectivity index (χ3n) is 5.15. The lowest BCUT2D eigenvalue weighted by Gasteiger charge is -2.26. The van der Waals surface area contributed by atoms with E-state index in [9.17, 15) is 0 Å². The summed E-state index contributed by atoms with van der Waals surface area (Å²) in [7, 11) is 0. The van der Waals surface area contributed by atoms with Crippen LogP contribution >= 0.6 is 11.8 Å². The number of hydrogen-bond acceptors (Lipinski definition) is 6. The van der Waals surface area contributed by atoms with Crippen LogP contribution in [0.1, 0.15) is 32.1 Å². The second kappa shape index (κ2) is 8.97. The van der Waals surface area contributed by atoms with Gasteiger partial charge in [-0.3, -0.25) is 9.55 Å². The zero-order valence-electron chi connectivity index (χ0n) is 15.2. The molecule has 0 aromatic carbocycles. The smallest absolute Gasteiger partial charge is 0.191 e. The van der Waals surface area contributed by atoms with Gasteiger partial charge in [-0.15, -0.1) is 10.2 Å². The van der Waals surface area contributed by atoms with Crippen molar-refractivity contribution >= 4 is 11.8 Å². The maximum Gasteiger partial charge on any atom is 0.191 e. The second-order valence-corrected chi connectivity index (χ2v) is 8.10. The Morgan fingerprint density at radius 1 is 1.08 bits per heavy atom. The largest absolute Gasteiger partial charge is 0.376 e. The van der Waals surface area contributed by atoms with Gasteiger partial charge in [-0.05, 0) is 50.9 Å². The first-order valence-corrected chi connectivity index (χ1v) is 10.7. The SMILES string of the molecule is c1cc(-c2nnc(SCCN3CCCCC3)n2CC2CCCO2)ccn1. The Hall–Kier alpha value is -1.44. The molecule has 1 unspecified atom stereocenters. The highest BCUT2D eigenvalue weighted by Gasteiger charge is 2.22. The minimum Gasteiger partial charge on any atom is -0.376 e. The van der Waals surface area contributed by atoms with Crippen LogP contribution in [-0.4, -0.2) is 62.7 Å². The zero-order valence-corrected chi connectivity index (χ0v) is 16.0. The fraction of sp³-hybridized carbons (Fsp3) is 0.632. The van der Waals surface area contributed by atoms with Gasteiger partial charge < -0.3 is 9.64 Å². The number of ether oxygens (including phenoxy) is 1. The predicted molar refractivity (Wildman–Crippen MR) is 103 cm³/mol. The highest BCUT2D eigenvalue weighted by molar-refractivity contribution is 7.99. The van der Waals surface area contributed by atoms with Crippen LogP contribution in [0, 0.1) is 0 Å². The molecule has 2 aliphatic heterocycles. The molecule has 2 fully saturated rings. The van der Waals surface area contributed by atoms with Crippen LogP contribution in [0.3, 0.4) is 0 Å². The van der Waals surface area contributed by atoms with Crippen molar-refractivity contribution < 1.29 is 4.74 Å². The van der Waals surface area contributed by atoms with E-state index in [1.54, 1.807) is 0 Å². The molecule has 2 aliphatic rings. The monoisotopic (exact) mass is 373 g/mol. The van der Waals surface area contributed by atoms with Crippen molar-refractivity contribution in [3.05, 3.63) is 24.5 Å². The Bertz CT molecular complexity index is 680. The lowest BCUT2D eigenvalue weighted by molar-refractivity contribution is 0.0953. The highest BCUT2D eigenvalue weighted by Crippen LogP contribution is 2.26. The van der Waals surface area contributed by atoms with Gasteiger partial charge in [-0.1, -0.05) is 18.2 Å². The van der Waals surface area contributed by atoms with Gasteiger partial charge >= 0.3 is 0 Å². The summed E-state index contributed by atoms with van der Waals surface area (Å²) in [6.07, 6.45) is 10.2. The summed E-state index contributed by atoms with van der Waals surface area (Å²) in [5, 5.41) is 9.99. The molecule has 2 aromatic heterocycles. The Balaban J connectivity index is 1.46. The maximum absolute atomic E-state index is 5.87. The van der Waals surface area contributed by atoms with E-state index in [1.165, 1.54) is 32.4 Å². The fourth-order valence-electron chi connectivity index (χ4n) is 3.72. The van der Waals surface area contributed by atoms with Gasteiger partial charge in [0.2, 0.25) is 0 Å². The standard InChI is InChI=1S/C19H27N5OS/c1-2-10-23(11-3-1)12-14-26-19-22-21-18(16-6-8-20-9-7-16)24(19)15-17-5-4-13-25-17/h6-9,17H,1-5,10-15H2. The molecule has 140 valence electrons. The van der Waals surface area contributed by atoms with Gasteiger partial charge in [0.25, 0.3) is 0 Å². The number of thioether (sulfide) groups is 1. The summed E-state index contributed by atoms with van der Waals surface area (Å²) in [6, 6.07) is 4.00. The fourth-order valence-corrected chi connectivity index (χ4v) is 4.66. The Morgan fingerprint density at radius 3 is 2.69 bits per heavy atom. The van der Waals surface area contributed by atoms with Crippen LogP contribution in [0.2, 0.25) is 0 Å². The van der Waals surface area contributed by atoms with Crippen LogP contribution in [-0.2, 0) is 11.3 Å². The van der Waals surface area contributed by atoms with Gasteiger partial charge in [0.15, 0.2) is 11.0 Å². The van der Waals surface area contributed by atoms with Crippen LogP contribution in [0.4, 0.5) is 0 Å². The molecule has 0 spiro atoms. The lowest BCUT2D eigenvalue weighted by Crippen LogP contribution is -2.31. The maximum atomic E-state index is 5.87. The molecule has 4 rings (SSSR count). The molecule has 0 radical (unpaired) electrons. The molecule has 7 heteroatoms. The molecule has 0 saturated carbocycles. The molecule has 0 bridgehead atoms.